The Morgan fingerprint density at radius 2 is 2.17 bits per heavy atom. The molecule has 0 unspecified atom stereocenters. The number of carbonyl (C=O) groups is 1. The van der Waals surface area contributed by atoms with Crippen molar-refractivity contribution in [1.29, 1.82) is 5.26 Å². The lowest BCUT2D eigenvalue weighted by molar-refractivity contribution is 0.178. The molecule has 0 radical (unpaired) electrons. The molecule has 1 amide bonds. The molecule has 5 heteroatoms. The lowest BCUT2D eigenvalue weighted by Crippen LogP contribution is -2.53. The van der Waals surface area contributed by atoms with Gasteiger partial charge in [-0.25, -0.2) is 4.79 Å². The Kier molecular flexibility index (Phi) is 2.51. The van der Waals surface area contributed by atoms with Crippen LogP contribution in [0.5, 0.6) is 0 Å². The van der Waals surface area contributed by atoms with Gasteiger partial charge in [-0.2, -0.15) is 5.26 Å². The van der Waals surface area contributed by atoms with Crippen molar-refractivity contribution in [2.75, 3.05) is 13.1 Å². The topological polar surface area (TPSA) is 85.2 Å². The van der Waals surface area contributed by atoms with Gasteiger partial charge >= 0.3 is 6.09 Å². The maximum Gasteiger partial charge on any atom is 0.405 e. The number of rotatable bonds is 1. The quantitative estimate of drug-likeness (QED) is 0.511. The summed E-state index contributed by atoms with van der Waals surface area (Å²) in [6.45, 7) is 1.38. The van der Waals surface area contributed by atoms with Crippen LogP contribution in [0.15, 0.2) is 0 Å². The summed E-state index contributed by atoms with van der Waals surface area (Å²) in [6.07, 6.45) is -0.0514. The van der Waals surface area contributed by atoms with Crippen LogP contribution in [0.25, 0.3) is 0 Å². The first-order valence-electron chi connectivity index (χ1n) is 3.82. The van der Waals surface area contributed by atoms with E-state index < -0.39 is 11.6 Å². The number of amides is 1. The lowest BCUT2D eigenvalue weighted by atomic mass is 9.90. The summed E-state index contributed by atoms with van der Waals surface area (Å²) in [5.41, 5.74) is -0.864. The van der Waals surface area contributed by atoms with Crippen molar-refractivity contribution in [3.05, 3.63) is 0 Å². The Balaban J connectivity index is 2.61. The number of piperidine rings is 1. The number of hydrogen-bond acceptors (Lipinski definition) is 3. The second-order valence-corrected chi connectivity index (χ2v) is 2.87. The van der Waals surface area contributed by atoms with E-state index in [9.17, 15) is 4.79 Å². The summed E-state index contributed by atoms with van der Waals surface area (Å²) >= 11 is 0. The first-order valence-corrected chi connectivity index (χ1v) is 3.82. The number of nitrogens with one attached hydrogen (secondary N) is 2. The summed E-state index contributed by atoms with van der Waals surface area (Å²) in [5, 5.41) is 22.6. The standard InChI is InChI=1S/C7H11N3O2/c8-5-7(10-6(11)12)1-3-9-4-2-7/h9-10H,1-4H2,(H,11,12). The molecule has 1 heterocycles. The Labute approximate surface area is 70.4 Å². The second kappa shape index (κ2) is 3.41. The molecule has 0 aromatic heterocycles. The van der Waals surface area contributed by atoms with Crippen molar-refractivity contribution in [3.8, 4) is 6.07 Å². The van der Waals surface area contributed by atoms with Gasteiger partial charge in [0.15, 0.2) is 0 Å². The maximum absolute atomic E-state index is 10.3. The smallest absolute Gasteiger partial charge is 0.405 e. The van der Waals surface area contributed by atoms with Crippen LogP contribution in [0.4, 0.5) is 4.79 Å². The SMILES string of the molecule is N#CC1(NC(=O)O)CCNCC1. The first kappa shape index (κ1) is 8.81. The van der Waals surface area contributed by atoms with Gasteiger partial charge in [0.2, 0.25) is 0 Å². The predicted molar refractivity (Wildman–Crippen MR) is 41.6 cm³/mol. The highest BCUT2D eigenvalue weighted by molar-refractivity contribution is 5.66. The number of carboxylic acid groups (broad SMARTS) is 1. The molecule has 0 aromatic rings. The molecule has 3 N–H and O–H groups in total. The zero-order valence-corrected chi connectivity index (χ0v) is 6.63. The molecule has 0 saturated carbocycles. The van der Waals surface area contributed by atoms with Gasteiger partial charge in [0.1, 0.15) is 5.54 Å². The fraction of sp³-hybridized carbons (Fsp3) is 0.714. The molecule has 0 bridgehead atoms. The molecule has 0 aliphatic carbocycles. The summed E-state index contributed by atoms with van der Waals surface area (Å²) in [7, 11) is 0. The number of nitrogens with zero attached hydrogens (tertiary/aromatic N) is 1. The third-order valence-electron chi connectivity index (χ3n) is 2.02. The minimum absolute atomic E-state index is 0.537. The molecule has 1 aliphatic heterocycles. The average Bonchev–Trinajstić information content (AvgIpc) is 2.05. The first-order chi connectivity index (χ1) is 5.68. The van der Waals surface area contributed by atoms with E-state index in [0.29, 0.717) is 25.9 Å². The number of hydrogen-bond donors (Lipinski definition) is 3. The predicted octanol–water partition coefficient (Wildman–Crippen LogP) is -0.100. The number of nitriles is 1. The zero-order chi connectivity index (χ0) is 9.03. The molecule has 1 fully saturated rings. The van der Waals surface area contributed by atoms with Crippen molar-refractivity contribution in [2.45, 2.75) is 18.4 Å². The minimum Gasteiger partial charge on any atom is -0.465 e. The van der Waals surface area contributed by atoms with E-state index in [-0.39, 0.29) is 0 Å². The summed E-state index contributed by atoms with van der Waals surface area (Å²) in [6, 6.07) is 2.02. The van der Waals surface area contributed by atoms with Crippen LogP contribution in [-0.4, -0.2) is 29.8 Å². The molecule has 1 aliphatic rings. The van der Waals surface area contributed by atoms with Crippen LogP contribution in [0.3, 0.4) is 0 Å². The van der Waals surface area contributed by atoms with Gasteiger partial charge in [-0.05, 0) is 25.9 Å². The van der Waals surface area contributed by atoms with E-state index in [4.69, 9.17) is 10.4 Å². The van der Waals surface area contributed by atoms with Gasteiger partial charge in [0, 0.05) is 0 Å². The summed E-state index contributed by atoms with van der Waals surface area (Å²) in [5.74, 6) is 0. The molecule has 1 saturated heterocycles. The van der Waals surface area contributed by atoms with Crippen LogP contribution in [0.2, 0.25) is 0 Å². The maximum atomic E-state index is 10.3. The van der Waals surface area contributed by atoms with Crippen LogP contribution in [0.1, 0.15) is 12.8 Å². The van der Waals surface area contributed by atoms with Crippen molar-refractivity contribution in [3.63, 3.8) is 0 Å². The zero-order valence-electron chi connectivity index (χ0n) is 6.63. The summed E-state index contributed by atoms with van der Waals surface area (Å²) < 4.78 is 0. The largest absolute Gasteiger partial charge is 0.465 e. The fourth-order valence-corrected chi connectivity index (χ4v) is 1.32. The molecular weight excluding hydrogens is 158 g/mol. The molecule has 0 aromatic carbocycles. The van der Waals surface area contributed by atoms with Gasteiger partial charge in [0.05, 0.1) is 6.07 Å². The van der Waals surface area contributed by atoms with Crippen molar-refractivity contribution in [2.24, 2.45) is 0 Å². The molecule has 66 valence electrons. The highest BCUT2D eigenvalue weighted by Gasteiger charge is 2.33. The average molecular weight is 169 g/mol. The molecule has 5 nitrogen and oxygen atoms in total. The lowest BCUT2D eigenvalue weighted by Gasteiger charge is -2.30. The van der Waals surface area contributed by atoms with E-state index in [0.717, 1.165) is 0 Å². The van der Waals surface area contributed by atoms with E-state index in [1.165, 1.54) is 0 Å². The van der Waals surface area contributed by atoms with Gasteiger partial charge < -0.3 is 15.7 Å². The fourth-order valence-electron chi connectivity index (χ4n) is 1.32. The molecule has 0 spiro atoms. The van der Waals surface area contributed by atoms with E-state index in [1.807, 2.05) is 6.07 Å². The Bertz CT molecular complexity index is 215. The Morgan fingerprint density at radius 1 is 1.58 bits per heavy atom. The molecule has 1 rings (SSSR count). The van der Waals surface area contributed by atoms with Gasteiger partial charge in [-0.1, -0.05) is 0 Å². The molecule has 0 atom stereocenters. The normalized spacial score (nSPS) is 20.9. The minimum atomic E-state index is -1.13. The van der Waals surface area contributed by atoms with Crippen molar-refractivity contribution in [1.82, 2.24) is 10.6 Å². The highest BCUT2D eigenvalue weighted by Crippen LogP contribution is 2.16. The van der Waals surface area contributed by atoms with E-state index in [1.54, 1.807) is 0 Å². The monoisotopic (exact) mass is 169 g/mol. The third-order valence-corrected chi connectivity index (χ3v) is 2.02. The van der Waals surface area contributed by atoms with Crippen molar-refractivity contribution >= 4 is 6.09 Å². The van der Waals surface area contributed by atoms with Gasteiger partial charge in [-0.15, -0.1) is 0 Å². The third kappa shape index (κ3) is 1.86. The van der Waals surface area contributed by atoms with Crippen LogP contribution < -0.4 is 10.6 Å². The van der Waals surface area contributed by atoms with Gasteiger partial charge in [0.25, 0.3) is 0 Å². The van der Waals surface area contributed by atoms with Crippen LogP contribution in [0, 0.1) is 11.3 Å². The summed E-state index contributed by atoms with van der Waals surface area (Å²) in [4.78, 5) is 10.3. The van der Waals surface area contributed by atoms with Gasteiger partial charge in [-0.3, -0.25) is 0 Å². The molecular formula is C7H11N3O2. The van der Waals surface area contributed by atoms with Crippen LogP contribution in [-0.2, 0) is 0 Å². The van der Waals surface area contributed by atoms with E-state index >= 15 is 0 Å². The second-order valence-electron chi connectivity index (χ2n) is 2.87. The Hall–Kier alpha value is -1.28. The Morgan fingerprint density at radius 3 is 2.58 bits per heavy atom. The van der Waals surface area contributed by atoms with Crippen LogP contribution >= 0.6 is 0 Å². The molecule has 12 heavy (non-hydrogen) atoms. The van der Waals surface area contributed by atoms with E-state index in [2.05, 4.69) is 10.6 Å². The van der Waals surface area contributed by atoms with Crippen molar-refractivity contribution < 1.29 is 9.90 Å². The highest BCUT2D eigenvalue weighted by atomic mass is 16.4.